The number of nitriles is 1. The van der Waals surface area contributed by atoms with Gasteiger partial charge < -0.3 is 10.1 Å². The largest absolute Gasteiger partial charge is 0.455 e. The molecule has 0 radical (unpaired) electrons. The Morgan fingerprint density at radius 3 is 2.67 bits per heavy atom. The second-order valence-electron chi connectivity index (χ2n) is 4.84. The van der Waals surface area contributed by atoms with E-state index in [1.165, 1.54) is 11.0 Å². The molecule has 0 spiro atoms. The summed E-state index contributed by atoms with van der Waals surface area (Å²) >= 11 is 0. The minimum absolute atomic E-state index is 0.0237. The number of benzene rings is 2. The number of hydrogen-bond acceptors (Lipinski definition) is 5. The Morgan fingerprint density at radius 1 is 1.17 bits per heavy atom. The molecular formula is C17H13N5O2. The lowest BCUT2D eigenvalue weighted by Crippen LogP contribution is -2.19. The van der Waals surface area contributed by atoms with Gasteiger partial charge in [0.25, 0.3) is 5.82 Å². The van der Waals surface area contributed by atoms with Crippen LogP contribution in [0.2, 0.25) is 0 Å². The highest BCUT2D eigenvalue weighted by atomic mass is 16.5. The molecule has 1 aromatic heterocycles. The Labute approximate surface area is 138 Å². The van der Waals surface area contributed by atoms with Crippen LogP contribution in [-0.4, -0.2) is 20.7 Å². The Kier molecular flexibility index (Phi) is 4.49. The number of amides is 1. The third kappa shape index (κ3) is 3.75. The molecular weight excluding hydrogens is 306 g/mol. The van der Waals surface area contributed by atoms with Gasteiger partial charge in [-0.2, -0.15) is 5.26 Å². The Morgan fingerprint density at radius 2 is 1.92 bits per heavy atom. The van der Waals surface area contributed by atoms with E-state index < -0.39 is 0 Å². The third-order valence-electron chi connectivity index (χ3n) is 3.07. The van der Waals surface area contributed by atoms with Gasteiger partial charge >= 0.3 is 0 Å². The number of aromatic nitrogens is 3. The standard InChI is InChI=1S/C17H13N5O2/c18-10-16-19-12-22(21-16)11-17(23)20-14-8-4-5-9-15(14)24-13-6-2-1-3-7-13/h1-9,12H,11H2,(H,20,23). The summed E-state index contributed by atoms with van der Waals surface area (Å²) in [5.74, 6) is 0.937. The molecule has 3 rings (SSSR count). The first kappa shape index (κ1) is 15.2. The van der Waals surface area contributed by atoms with Crippen LogP contribution in [0.15, 0.2) is 60.9 Å². The maximum absolute atomic E-state index is 12.1. The number of hydrogen-bond donors (Lipinski definition) is 1. The molecule has 0 atom stereocenters. The predicted octanol–water partition coefficient (Wildman–Crippen LogP) is 2.58. The van der Waals surface area contributed by atoms with Crippen LogP contribution >= 0.6 is 0 Å². The Hall–Kier alpha value is -3.66. The lowest BCUT2D eigenvalue weighted by molar-refractivity contribution is -0.116. The molecule has 0 saturated carbocycles. The minimum atomic E-state index is -0.298. The molecule has 1 heterocycles. The van der Waals surface area contributed by atoms with Crippen molar-refractivity contribution in [1.29, 1.82) is 5.26 Å². The van der Waals surface area contributed by atoms with Gasteiger partial charge in [-0.05, 0) is 24.3 Å². The van der Waals surface area contributed by atoms with Gasteiger partial charge in [0, 0.05) is 0 Å². The van der Waals surface area contributed by atoms with Gasteiger partial charge in [0.05, 0.1) is 5.69 Å². The van der Waals surface area contributed by atoms with E-state index in [9.17, 15) is 4.79 Å². The summed E-state index contributed by atoms with van der Waals surface area (Å²) in [5, 5.41) is 15.3. The van der Waals surface area contributed by atoms with Crippen molar-refractivity contribution in [1.82, 2.24) is 14.8 Å². The SMILES string of the molecule is N#Cc1ncn(CC(=O)Nc2ccccc2Oc2ccccc2)n1. The average Bonchev–Trinajstić information content (AvgIpc) is 3.05. The van der Waals surface area contributed by atoms with E-state index in [1.54, 1.807) is 18.2 Å². The van der Waals surface area contributed by atoms with Crippen LogP contribution in [0, 0.1) is 11.3 Å². The molecule has 0 bridgehead atoms. The van der Waals surface area contributed by atoms with Crippen LogP contribution in [0.25, 0.3) is 0 Å². The molecule has 7 heteroatoms. The molecule has 0 unspecified atom stereocenters. The van der Waals surface area contributed by atoms with E-state index in [2.05, 4.69) is 15.4 Å². The maximum atomic E-state index is 12.1. The minimum Gasteiger partial charge on any atom is -0.455 e. The van der Waals surface area contributed by atoms with E-state index in [-0.39, 0.29) is 18.3 Å². The number of ether oxygens (including phenoxy) is 1. The number of rotatable bonds is 5. The molecule has 118 valence electrons. The predicted molar refractivity (Wildman–Crippen MR) is 86.3 cm³/mol. The molecule has 24 heavy (non-hydrogen) atoms. The second-order valence-corrected chi connectivity index (χ2v) is 4.84. The van der Waals surface area contributed by atoms with Crippen LogP contribution in [0.4, 0.5) is 5.69 Å². The van der Waals surface area contributed by atoms with Crippen molar-refractivity contribution < 1.29 is 9.53 Å². The normalized spacial score (nSPS) is 9.96. The van der Waals surface area contributed by atoms with Crippen molar-refractivity contribution in [3.05, 3.63) is 66.7 Å². The van der Waals surface area contributed by atoms with Crippen LogP contribution in [0.1, 0.15) is 5.82 Å². The van der Waals surface area contributed by atoms with Gasteiger partial charge in [-0.3, -0.25) is 4.79 Å². The molecule has 7 nitrogen and oxygen atoms in total. The molecule has 1 N–H and O–H groups in total. The van der Waals surface area contributed by atoms with Gasteiger partial charge in [0.15, 0.2) is 5.75 Å². The fourth-order valence-corrected chi connectivity index (χ4v) is 2.03. The Balaban J connectivity index is 1.70. The zero-order valence-electron chi connectivity index (χ0n) is 12.6. The summed E-state index contributed by atoms with van der Waals surface area (Å²) in [6, 6.07) is 18.3. The molecule has 0 saturated heterocycles. The Bertz CT molecular complexity index is 883. The fraction of sp³-hybridized carbons (Fsp3) is 0.0588. The molecule has 0 aliphatic rings. The number of nitrogens with one attached hydrogen (secondary N) is 1. The van der Waals surface area contributed by atoms with Crippen LogP contribution in [-0.2, 0) is 11.3 Å². The topological polar surface area (TPSA) is 92.8 Å². The van der Waals surface area contributed by atoms with Crippen LogP contribution in [0.3, 0.4) is 0 Å². The highest BCUT2D eigenvalue weighted by Gasteiger charge is 2.10. The van der Waals surface area contributed by atoms with Crippen molar-refractivity contribution in [3.8, 4) is 17.6 Å². The van der Waals surface area contributed by atoms with Crippen molar-refractivity contribution in [3.63, 3.8) is 0 Å². The summed E-state index contributed by atoms with van der Waals surface area (Å²) < 4.78 is 7.09. The summed E-state index contributed by atoms with van der Waals surface area (Å²) in [4.78, 5) is 15.9. The first-order valence-electron chi connectivity index (χ1n) is 7.16. The fourth-order valence-electron chi connectivity index (χ4n) is 2.03. The average molecular weight is 319 g/mol. The highest BCUT2D eigenvalue weighted by molar-refractivity contribution is 5.92. The number of para-hydroxylation sites is 3. The number of anilines is 1. The number of carbonyl (C=O) groups is 1. The van der Waals surface area contributed by atoms with E-state index in [4.69, 9.17) is 10.00 Å². The first-order chi connectivity index (χ1) is 11.7. The van der Waals surface area contributed by atoms with Gasteiger partial charge in [0.2, 0.25) is 5.91 Å². The van der Waals surface area contributed by atoms with Crippen LogP contribution < -0.4 is 10.1 Å². The zero-order valence-corrected chi connectivity index (χ0v) is 12.6. The lowest BCUT2D eigenvalue weighted by atomic mass is 10.3. The van der Waals surface area contributed by atoms with Crippen molar-refractivity contribution in [2.24, 2.45) is 0 Å². The third-order valence-corrected chi connectivity index (χ3v) is 3.07. The van der Waals surface area contributed by atoms with E-state index in [0.717, 1.165) is 0 Å². The smallest absolute Gasteiger partial charge is 0.252 e. The quantitative estimate of drug-likeness (QED) is 0.780. The van der Waals surface area contributed by atoms with Gasteiger partial charge in [0.1, 0.15) is 24.7 Å². The zero-order chi connectivity index (χ0) is 16.8. The second kappa shape index (κ2) is 7.07. The van der Waals surface area contributed by atoms with Gasteiger partial charge in [-0.15, -0.1) is 5.10 Å². The van der Waals surface area contributed by atoms with Crippen molar-refractivity contribution in [2.75, 3.05) is 5.32 Å². The van der Waals surface area contributed by atoms with Gasteiger partial charge in [-0.1, -0.05) is 30.3 Å². The summed E-state index contributed by atoms with van der Waals surface area (Å²) in [7, 11) is 0. The van der Waals surface area contributed by atoms with Gasteiger partial charge in [-0.25, -0.2) is 9.67 Å². The van der Waals surface area contributed by atoms with E-state index >= 15 is 0 Å². The molecule has 0 fully saturated rings. The van der Waals surface area contributed by atoms with E-state index in [0.29, 0.717) is 17.2 Å². The maximum Gasteiger partial charge on any atom is 0.252 e. The van der Waals surface area contributed by atoms with Crippen molar-refractivity contribution in [2.45, 2.75) is 6.54 Å². The molecule has 1 amide bonds. The first-order valence-corrected chi connectivity index (χ1v) is 7.16. The van der Waals surface area contributed by atoms with Crippen molar-refractivity contribution >= 4 is 11.6 Å². The molecule has 0 aliphatic heterocycles. The molecule has 0 aliphatic carbocycles. The number of nitrogens with zero attached hydrogens (tertiary/aromatic N) is 4. The highest BCUT2D eigenvalue weighted by Crippen LogP contribution is 2.28. The number of carbonyl (C=O) groups excluding carboxylic acids is 1. The molecule has 2 aromatic carbocycles. The monoisotopic (exact) mass is 319 g/mol. The summed E-state index contributed by atoms with van der Waals surface area (Å²) in [5.41, 5.74) is 0.548. The summed E-state index contributed by atoms with van der Waals surface area (Å²) in [6.07, 6.45) is 1.34. The lowest BCUT2D eigenvalue weighted by Gasteiger charge is -2.12. The molecule has 3 aromatic rings. The van der Waals surface area contributed by atoms with Crippen LogP contribution in [0.5, 0.6) is 11.5 Å². The summed E-state index contributed by atoms with van der Waals surface area (Å²) in [6.45, 7) is -0.0473. The van der Waals surface area contributed by atoms with E-state index in [1.807, 2.05) is 42.5 Å².